The van der Waals surface area contributed by atoms with Crippen LogP contribution in [-0.2, 0) is 19.0 Å². The molecule has 2 bridgehead atoms. The number of esters is 1. The van der Waals surface area contributed by atoms with E-state index < -0.39 is 0 Å². The third-order valence-electron chi connectivity index (χ3n) is 4.09. The molecule has 90 valence electrons. The van der Waals surface area contributed by atoms with E-state index in [1.165, 1.54) is 0 Å². The van der Waals surface area contributed by atoms with Gasteiger partial charge in [0, 0.05) is 0 Å². The Morgan fingerprint density at radius 2 is 2.06 bits per heavy atom. The zero-order valence-electron chi connectivity index (χ0n) is 9.88. The molecule has 0 aromatic heterocycles. The van der Waals surface area contributed by atoms with Gasteiger partial charge in [0.2, 0.25) is 0 Å². The first-order chi connectivity index (χ1) is 7.58. The normalized spacial score (nSPS) is 46.5. The maximum absolute atomic E-state index is 11.5. The molecule has 3 heterocycles. The number of hydrogen-bond donors (Lipinski definition) is 0. The van der Waals surface area contributed by atoms with E-state index >= 15 is 0 Å². The van der Waals surface area contributed by atoms with Crippen LogP contribution in [0.1, 0.15) is 27.2 Å². The lowest BCUT2D eigenvalue weighted by molar-refractivity contribution is -0.149. The molecular weight excluding hydrogens is 208 g/mol. The number of hydrogen-bond acceptors (Lipinski definition) is 4. The van der Waals surface area contributed by atoms with Crippen molar-refractivity contribution in [2.45, 2.75) is 57.7 Å². The van der Waals surface area contributed by atoms with Crippen molar-refractivity contribution in [2.75, 3.05) is 0 Å². The second-order valence-corrected chi connectivity index (χ2v) is 5.43. The number of carbonyl (C=O) groups excluding carboxylic acids is 1. The summed E-state index contributed by atoms with van der Waals surface area (Å²) >= 11 is 0. The van der Waals surface area contributed by atoms with Crippen LogP contribution in [0.15, 0.2) is 0 Å². The van der Waals surface area contributed by atoms with Crippen molar-refractivity contribution < 1.29 is 19.0 Å². The lowest BCUT2D eigenvalue weighted by Gasteiger charge is -2.27. The van der Waals surface area contributed by atoms with Crippen molar-refractivity contribution in [2.24, 2.45) is 11.8 Å². The van der Waals surface area contributed by atoms with Crippen molar-refractivity contribution in [3.05, 3.63) is 0 Å². The van der Waals surface area contributed by atoms with E-state index in [2.05, 4.69) is 20.8 Å². The minimum atomic E-state index is -0.155. The molecule has 16 heavy (non-hydrogen) atoms. The summed E-state index contributed by atoms with van der Waals surface area (Å²) < 4.78 is 17.1. The predicted octanol–water partition coefficient (Wildman–Crippen LogP) is 1.13. The average Bonchev–Trinajstić information content (AvgIpc) is 2.81. The van der Waals surface area contributed by atoms with Gasteiger partial charge in [0.25, 0.3) is 0 Å². The van der Waals surface area contributed by atoms with Crippen LogP contribution in [-0.4, -0.2) is 36.5 Å². The Bertz CT molecular complexity index is 314. The van der Waals surface area contributed by atoms with Gasteiger partial charge in [0.15, 0.2) is 6.10 Å². The van der Waals surface area contributed by atoms with Crippen LogP contribution < -0.4 is 0 Å². The summed E-state index contributed by atoms with van der Waals surface area (Å²) in [5.74, 6) is 0.344. The Hall–Kier alpha value is -0.610. The fourth-order valence-electron chi connectivity index (χ4n) is 2.81. The lowest BCUT2D eigenvalue weighted by Crippen LogP contribution is -2.41. The molecular formula is C12H18O4. The molecule has 0 amide bonds. The highest BCUT2D eigenvalue weighted by atomic mass is 16.6. The monoisotopic (exact) mass is 226 g/mol. The Kier molecular flexibility index (Phi) is 2.27. The summed E-state index contributed by atoms with van der Waals surface area (Å²) in [5.41, 5.74) is 0. The molecule has 6 atom stereocenters. The molecule has 0 aromatic rings. The van der Waals surface area contributed by atoms with E-state index in [4.69, 9.17) is 14.2 Å². The number of ether oxygens (including phenoxy) is 3. The Balaban J connectivity index is 1.72. The molecule has 0 N–H and O–H groups in total. The van der Waals surface area contributed by atoms with Crippen molar-refractivity contribution in [1.82, 2.24) is 0 Å². The first-order valence-corrected chi connectivity index (χ1v) is 6.09. The minimum Gasteiger partial charge on any atom is -0.456 e. The zero-order chi connectivity index (χ0) is 11.4. The molecule has 3 aliphatic heterocycles. The molecule has 0 aromatic carbocycles. The number of carbonyl (C=O) groups is 1. The standard InChI is InChI=1S/C12H18O4/c1-5(2)6(3)14-10-8-4-7-9(15-8)11(10)16-12(7)13/h5-11H,4H2,1-3H3/t6-,7?,8?,9?,10?,11?/m1/s1. The molecule has 0 aliphatic carbocycles. The number of rotatable bonds is 3. The zero-order valence-corrected chi connectivity index (χ0v) is 9.88. The second kappa shape index (κ2) is 3.44. The Labute approximate surface area is 95.2 Å². The van der Waals surface area contributed by atoms with Crippen molar-refractivity contribution in [3.63, 3.8) is 0 Å². The summed E-state index contributed by atoms with van der Waals surface area (Å²) in [7, 11) is 0. The van der Waals surface area contributed by atoms with Gasteiger partial charge >= 0.3 is 5.97 Å². The lowest BCUT2D eigenvalue weighted by atomic mass is 9.88. The number of fused-ring (bicyclic) bond motifs is 1. The predicted molar refractivity (Wildman–Crippen MR) is 55.8 cm³/mol. The molecule has 5 unspecified atom stereocenters. The fourth-order valence-corrected chi connectivity index (χ4v) is 2.81. The van der Waals surface area contributed by atoms with Crippen molar-refractivity contribution >= 4 is 5.97 Å². The smallest absolute Gasteiger partial charge is 0.312 e. The van der Waals surface area contributed by atoms with Crippen LogP contribution in [0.5, 0.6) is 0 Å². The highest BCUT2D eigenvalue weighted by molar-refractivity contribution is 5.77. The molecule has 0 saturated carbocycles. The molecule has 4 heteroatoms. The van der Waals surface area contributed by atoms with E-state index in [-0.39, 0.29) is 42.4 Å². The van der Waals surface area contributed by atoms with E-state index in [1.54, 1.807) is 0 Å². The van der Waals surface area contributed by atoms with Gasteiger partial charge in [-0.05, 0) is 19.3 Å². The molecule has 3 fully saturated rings. The Morgan fingerprint density at radius 3 is 2.75 bits per heavy atom. The largest absolute Gasteiger partial charge is 0.456 e. The molecule has 0 radical (unpaired) electrons. The minimum absolute atomic E-state index is 0.0239. The third kappa shape index (κ3) is 1.32. The van der Waals surface area contributed by atoms with Gasteiger partial charge in [-0.25, -0.2) is 0 Å². The van der Waals surface area contributed by atoms with Crippen LogP contribution >= 0.6 is 0 Å². The van der Waals surface area contributed by atoms with Gasteiger partial charge in [-0.3, -0.25) is 4.79 Å². The SMILES string of the molecule is CC(C)[C@@H](C)OC1C2CC3C(=O)OC1C3O2. The maximum Gasteiger partial charge on any atom is 0.312 e. The first-order valence-electron chi connectivity index (χ1n) is 6.09. The van der Waals surface area contributed by atoms with E-state index in [0.29, 0.717) is 5.92 Å². The summed E-state index contributed by atoms with van der Waals surface area (Å²) in [6.45, 7) is 6.31. The molecule has 0 spiro atoms. The van der Waals surface area contributed by atoms with Gasteiger partial charge in [-0.15, -0.1) is 0 Å². The Morgan fingerprint density at radius 1 is 1.31 bits per heavy atom. The van der Waals surface area contributed by atoms with E-state index in [1.807, 2.05) is 0 Å². The summed E-state index contributed by atoms with van der Waals surface area (Å²) in [5, 5.41) is 0. The van der Waals surface area contributed by atoms with Crippen LogP contribution in [0.4, 0.5) is 0 Å². The molecule has 3 rings (SSSR count). The fraction of sp³-hybridized carbons (Fsp3) is 0.917. The molecule has 4 nitrogen and oxygen atoms in total. The molecule has 3 saturated heterocycles. The third-order valence-corrected chi connectivity index (χ3v) is 4.09. The van der Waals surface area contributed by atoms with Gasteiger partial charge in [-0.2, -0.15) is 0 Å². The summed E-state index contributed by atoms with van der Waals surface area (Å²) in [6, 6.07) is 0. The average molecular weight is 226 g/mol. The maximum atomic E-state index is 11.5. The van der Waals surface area contributed by atoms with Crippen molar-refractivity contribution in [1.29, 1.82) is 0 Å². The van der Waals surface area contributed by atoms with Crippen LogP contribution in [0, 0.1) is 11.8 Å². The summed E-state index contributed by atoms with van der Waals surface area (Å²) in [4.78, 5) is 11.5. The quantitative estimate of drug-likeness (QED) is 0.677. The van der Waals surface area contributed by atoms with E-state index in [9.17, 15) is 4.79 Å². The highest BCUT2D eigenvalue weighted by Gasteiger charge is 2.64. The van der Waals surface area contributed by atoms with Gasteiger partial charge in [-0.1, -0.05) is 13.8 Å². The second-order valence-electron chi connectivity index (χ2n) is 5.43. The van der Waals surface area contributed by atoms with Gasteiger partial charge < -0.3 is 14.2 Å². The van der Waals surface area contributed by atoms with Crippen LogP contribution in [0.2, 0.25) is 0 Å². The van der Waals surface area contributed by atoms with Crippen LogP contribution in [0.3, 0.4) is 0 Å². The topological polar surface area (TPSA) is 44.8 Å². The van der Waals surface area contributed by atoms with Crippen LogP contribution in [0.25, 0.3) is 0 Å². The van der Waals surface area contributed by atoms with Gasteiger partial charge in [0.05, 0.1) is 18.1 Å². The molecule has 3 aliphatic rings. The highest BCUT2D eigenvalue weighted by Crippen LogP contribution is 2.47. The van der Waals surface area contributed by atoms with E-state index in [0.717, 1.165) is 6.42 Å². The first kappa shape index (κ1) is 10.5. The summed E-state index contributed by atoms with van der Waals surface area (Å²) in [6.07, 6.45) is 0.762. The van der Waals surface area contributed by atoms with Crippen molar-refractivity contribution in [3.8, 4) is 0 Å². The van der Waals surface area contributed by atoms with Gasteiger partial charge in [0.1, 0.15) is 12.2 Å².